The van der Waals surface area contributed by atoms with Gasteiger partial charge in [0.15, 0.2) is 0 Å². The maximum Gasteiger partial charge on any atom is 0.225 e. The van der Waals surface area contributed by atoms with Gasteiger partial charge in [-0.3, -0.25) is 4.79 Å². The molecule has 0 aliphatic carbocycles. The van der Waals surface area contributed by atoms with Crippen molar-refractivity contribution in [3.05, 3.63) is 35.9 Å². The van der Waals surface area contributed by atoms with Crippen LogP contribution in [0.1, 0.15) is 19.4 Å². The summed E-state index contributed by atoms with van der Waals surface area (Å²) in [5.41, 5.74) is 1.21. The monoisotopic (exact) mass is 235 g/mol. The van der Waals surface area contributed by atoms with Gasteiger partial charge in [-0.2, -0.15) is 0 Å². The van der Waals surface area contributed by atoms with Gasteiger partial charge in [-0.05, 0) is 12.0 Å². The summed E-state index contributed by atoms with van der Waals surface area (Å²) in [4.78, 5) is 13.6. The number of amides is 1. The van der Waals surface area contributed by atoms with Gasteiger partial charge in [0.1, 0.15) is 0 Å². The normalized spacial score (nSPS) is 10.6. The predicted octanol–water partition coefficient (Wildman–Crippen LogP) is 1.71. The second-order valence-electron chi connectivity index (χ2n) is 4.44. The van der Waals surface area contributed by atoms with Crippen LogP contribution in [0.2, 0.25) is 0 Å². The molecule has 0 bridgehead atoms. The van der Waals surface area contributed by atoms with Crippen molar-refractivity contribution >= 4 is 5.91 Å². The van der Waals surface area contributed by atoms with Gasteiger partial charge in [-0.25, -0.2) is 0 Å². The predicted molar refractivity (Wildman–Crippen MR) is 68.6 cm³/mol. The molecule has 1 aromatic rings. The van der Waals surface area contributed by atoms with Gasteiger partial charge >= 0.3 is 0 Å². The minimum atomic E-state index is -0.0164. The smallest absolute Gasteiger partial charge is 0.225 e. The number of carbonyl (C=O) groups excluding carboxylic acids is 1. The summed E-state index contributed by atoms with van der Waals surface area (Å²) in [6.07, 6.45) is 0.833. The second kappa shape index (κ2) is 7.07. The molecule has 3 nitrogen and oxygen atoms in total. The number of aliphatic hydroxyl groups is 1. The second-order valence-corrected chi connectivity index (χ2v) is 4.44. The Morgan fingerprint density at radius 1 is 1.24 bits per heavy atom. The van der Waals surface area contributed by atoms with Gasteiger partial charge in [0.25, 0.3) is 0 Å². The Bertz CT molecular complexity index is 335. The molecule has 1 aromatic carbocycles. The average molecular weight is 235 g/mol. The van der Waals surface area contributed by atoms with Crippen molar-refractivity contribution in [1.82, 2.24) is 4.90 Å². The lowest BCUT2D eigenvalue weighted by Crippen LogP contribution is -2.37. The zero-order valence-corrected chi connectivity index (χ0v) is 10.6. The lowest BCUT2D eigenvalue weighted by Gasteiger charge is -2.23. The van der Waals surface area contributed by atoms with E-state index in [4.69, 9.17) is 5.11 Å². The highest BCUT2D eigenvalue weighted by atomic mass is 16.3. The molecule has 0 fully saturated rings. The number of rotatable bonds is 6. The third-order valence-electron chi connectivity index (χ3n) is 2.69. The number of hydrogen-bond donors (Lipinski definition) is 1. The Balaban J connectivity index is 2.53. The molecule has 0 unspecified atom stereocenters. The largest absolute Gasteiger partial charge is 0.395 e. The van der Waals surface area contributed by atoms with Gasteiger partial charge in [0, 0.05) is 19.0 Å². The summed E-state index contributed by atoms with van der Waals surface area (Å²) in [5, 5.41) is 8.97. The number of carbonyl (C=O) groups is 1. The number of aliphatic hydroxyl groups excluding tert-OH is 1. The van der Waals surface area contributed by atoms with Crippen LogP contribution in [-0.4, -0.2) is 35.6 Å². The van der Waals surface area contributed by atoms with Gasteiger partial charge in [0.05, 0.1) is 6.61 Å². The standard InChI is InChI=1S/C14H21NO2/c1-12(2)14(17)15(10-11-16)9-8-13-6-4-3-5-7-13/h3-7,12,16H,8-11H2,1-2H3. The quantitative estimate of drug-likeness (QED) is 0.815. The first-order valence-electron chi connectivity index (χ1n) is 6.08. The molecule has 0 heterocycles. The van der Waals surface area contributed by atoms with E-state index in [2.05, 4.69) is 12.1 Å². The van der Waals surface area contributed by atoms with Crippen LogP contribution < -0.4 is 0 Å². The molecule has 0 aliphatic heterocycles. The lowest BCUT2D eigenvalue weighted by atomic mass is 10.1. The van der Waals surface area contributed by atoms with Crippen molar-refractivity contribution in [3.8, 4) is 0 Å². The van der Waals surface area contributed by atoms with Gasteiger partial charge < -0.3 is 10.0 Å². The van der Waals surface area contributed by atoms with Crippen LogP contribution in [0.3, 0.4) is 0 Å². The van der Waals surface area contributed by atoms with Crippen LogP contribution >= 0.6 is 0 Å². The summed E-state index contributed by atoms with van der Waals surface area (Å²) in [6, 6.07) is 10.1. The van der Waals surface area contributed by atoms with Crippen LogP contribution in [0.25, 0.3) is 0 Å². The van der Waals surface area contributed by atoms with E-state index in [9.17, 15) is 4.79 Å². The van der Waals surface area contributed by atoms with Gasteiger partial charge in [-0.15, -0.1) is 0 Å². The summed E-state index contributed by atoms with van der Waals surface area (Å²) in [7, 11) is 0. The minimum Gasteiger partial charge on any atom is -0.395 e. The van der Waals surface area contributed by atoms with Crippen molar-refractivity contribution < 1.29 is 9.90 Å². The molecule has 0 atom stereocenters. The van der Waals surface area contributed by atoms with Crippen molar-refractivity contribution in [2.75, 3.05) is 19.7 Å². The van der Waals surface area contributed by atoms with E-state index in [0.29, 0.717) is 13.1 Å². The molecule has 1 N–H and O–H groups in total. The molecule has 0 aliphatic rings. The third-order valence-corrected chi connectivity index (χ3v) is 2.69. The van der Waals surface area contributed by atoms with Crippen molar-refractivity contribution in [1.29, 1.82) is 0 Å². The molecule has 1 rings (SSSR count). The average Bonchev–Trinajstić information content (AvgIpc) is 2.34. The maximum atomic E-state index is 11.9. The van der Waals surface area contributed by atoms with Crippen LogP contribution in [0.4, 0.5) is 0 Å². The SMILES string of the molecule is CC(C)C(=O)N(CCO)CCc1ccccc1. The highest BCUT2D eigenvalue weighted by Gasteiger charge is 2.15. The summed E-state index contributed by atoms with van der Waals surface area (Å²) in [6.45, 7) is 4.88. The van der Waals surface area contributed by atoms with Gasteiger partial charge in [0.2, 0.25) is 5.91 Å². The zero-order valence-electron chi connectivity index (χ0n) is 10.6. The molecule has 0 saturated carbocycles. The van der Waals surface area contributed by atoms with Crippen LogP contribution in [0.5, 0.6) is 0 Å². The minimum absolute atomic E-state index is 0.0164. The maximum absolute atomic E-state index is 11.9. The Morgan fingerprint density at radius 3 is 2.41 bits per heavy atom. The number of benzene rings is 1. The van der Waals surface area contributed by atoms with E-state index >= 15 is 0 Å². The molecule has 17 heavy (non-hydrogen) atoms. The van der Waals surface area contributed by atoms with Crippen LogP contribution in [0.15, 0.2) is 30.3 Å². The fourth-order valence-corrected chi connectivity index (χ4v) is 1.73. The molecule has 0 saturated heterocycles. The van der Waals surface area contributed by atoms with Gasteiger partial charge in [-0.1, -0.05) is 44.2 Å². The van der Waals surface area contributed by atoms with E-state index < -0.39 is 0 Å². The Labute approximate surface area is 103 Å². The first-order valence-corrected chi connectivity index (χ1v) is 6.08. The Hall–Kier alpha value is -1.35. The van der Waals surface area contributed by atoms with E-state index in [1.54, 1.807) is 4.90 Å². The van der Waals surface area contributed by atoms with Crippen molar-refractivity contribution in [2.24, 2.45) is 5.92 Å². The topological polar surface area (TPSA) is 40.5 Å². The first kappa shape index (κ1) is 13.7. The highest BCUT2D eigenvalue weighted by molar-refractivity contribution is 5.78. The highest BCUT2D eigenvalue weighted by Crippen LogP contribution is 2.05. The van der Waals surface area contributed by atoms with Crippen molar-refractivity contribution in [2.45, 2.75) is 20.3 Å². The van der Waals surface area contributed by atoms with Crippen LogP contribution in [-0.2, 0) is 11.2 Å². The fourth-order valence-electron chi connectivity index (χ4n) is 1.73. The van der Waals surface area contributed by atoms with E-state index in [-0.39, 0.29) is 18.4 Å². The zero-order chi connectivity index (χ0) is 12.7. The van der Waals surface area contributed by atoms with E-state index in [1.807, 2.05) is 32.0 Å². The third kappa shape index (κ3) is 4.57. The van der Waals surface area contributed by atoms with E-state index in [1.165, 1.54) is 5.56 Å². The number of hydrogen-bond acceptors (Lipinski definition) is 2. The fraction of sp³-hybridized carbons (Fsp3) is 0.500. The van der Waals surface area contributed by atoms with E-state index in [0.717, 1.165) is 6.42 Å². The molecule has 0 radical (unpaired) electrons. The lowest BCUT2D eigenvalue weighted by molar-refractivity contribution is -0.134. The molecule has 94 valence electrons. The Morgan fingerprint density at radius 2 is 1.88 bits per heavy atom. The van der Waals surface area contributed by atoms with Crippen LogP contribution in [0, 0.1) is 5.92 Å². The first-order chi connectivity index (χ1) is 8.15. The Kier molecular flexibility index (Phi) is 5.70. The molecule has 1 amide bonds. The molecule has 0 aromatic heterocycles. The van der Waals surface area contributed by atoms with Crippen molar-refractivity contribution in [3.63, 3.8) is 0 Å². The molecular weight excluding hydrogens is 214 g/mol. The summed E-state index contributed by atoms with van der Waals surface area (Å²) in [5.74, 6) is 0.0901. The summed E-state index contributed by atoms with van der Waals surface area (Å²) >= 11 is 0. The molecule has 3 heteroatoms. The number of nitrogens with zero attached hydrogens (tertiary/aromatic N) is 1. The summed E-state index contributed by atoms with van der Waals surface area (Å²) < 4.78 is 0. The molecule has 0 spiro atoms. The molecular formula is C14H21NO2.